The molecule has 0 bridgehead atoms. The lowest BCUT2D eigenvalue weighted by Crippen LogP contribution is -2.22. The van der Waals surface area contributed by atoms with Crippen LogP contribution in [0.25, 0.3) is 6.08 Å². The van der Waals surface area contributed by atoms with Crippen LogP contribution in [-0.4, -0.2) is 38.9 Å². The number of rotatable bonds is 5. The van der Waals surface area contributed by atoms with Gasteiger partial charge in [0.15, 0.2) is 5.82 Å². The van der Waals surface area contributed by atoms with E-state index in [1.54, 1.807) is 23.1 Å². The van der Waals surface area contributed by atoms with Crippen LogP contribution in [0, 0.1) is 0 Å². The van der Waals surface area contributed by atoms with Crippen LogP contribution < -0.4 is 0 Å². The van der Waals surface area contributed by atoms with Gasteiger partial charge in [-0.25, -0.2) is 4.79 Å². The molecule has 1 aliphatic heterocycles. The van der Waals surface area contributed by atoms with Crippen LogP contribution >= 0.6 is 23.1 Å². The van der Waals surface area contributed by atoms with E-state index in [1.165, 1.54) is 19.3 Å². The van der Waals surface area contributed by atoms with Crippen molar-refractivity contribution in [2.75, 3.05) is 12.4 Å². The molecular formula is C19H22N4O2S2. The van der Waals surface area contributed by atoms with Gasteiger partial charge in [-0.1, -0.05) is 31.0 Å². The van der Waals surface area contributed by atoms with Crippen molar-refractivity contribution in [3.63, 3.8) is 0 Å². The van der Waals surface area contributed by atoms with Crippen LogP contribution in [-0.2, 0) is 9.53 Å². The molecular weight excluding hydrogens is 380 g/mol. The van der Waals surface area contributed by atoms with Crippen molar-refractivity contribution in [3.05, 3.63) is 33.8 Å². The highest BCUT2D eigenvalue weighted by molar-refractivity contribution is 7.99. The van der Waals surface area contributed by atoms with E-state index in [4.69, 9.17) is 9.84 Å². The second-order valence-electron chi connectivity index (χ2n) is 6.66. The van der Waals surface area contributed by atoms with Crippen molar-refractivity contribution in [2.24, 2.45) is 5.10 Å². The van der Waals surface area contributed by atoms with E-state index in [2.05, 4.69) is 10.2 Å². The van der Waals surface area contributed by atoms with Gasteiger partial charge in [-0.3, -0.25) is 0 Å². The van der Waals surface area contributed by atoms with Crippen LogP contribution in [0.1, 0.15) is 56.3 Å². The van der Waals surface area contributed by atoms with E-state index in [-0.39, 0.29) is 5.97 Å². The van der Waals surface area contributed by atoms with Gasteiger partial charge in [-0.15, -0.1) is 10.2 Å². The lowest BCUT2D eigenvalue weighted by Gasteiger charge is -2.22. The lowest BCUT2D eigenvalue weighted by atomic mass is 9.89. The highest BCUT2D eigenvalue weighted by Crippen LogP contribution is 2.34. The van der Waals surface area contributed by atoms with Gasteiger partial charge in [-0.05, 0) is 48.2 Å². The number of hydrogen-bond acceptors (Lipinski definition) is 7. The largest absolute Gasteiger partial charge is 0.462 e. The average molecular weight is 403 g/mol. The van der Waals surface area contributed by atoms with Gasteiger partial charge in [0.05, 0.1) is 17.9 Å². The molecule has 0 radical (unpaired) electrons. The maximum Gasteiger partial charge on any atom is 0.340 e. The van der Waals surface area contributed by atoms with Crippen LogP contribution in [0.4, 0.5) is 0 Å². The molecule has 3 heterocycles. The minimum atomic E-state index is -0.334. The summed E-state index contributed by atoms with van der Waals surface area (Å²) in [5.41, 5.74) is 2.21. The molecule has 0 atom stereocenters. The molecule has 0 saturated heterocycles. The molecule has 27 heavy (non-hydrogen) atoms. The molecule has 0 N–H and O–H groups in total. The molecule has 0 amide bonds. The monoisotopic (exact) mass is 402 g/mol. The topological polar surface area (TPSA) is 69.4 Å². The van der Waals surface area contributed by atoms with E-state index in [9.17, 15) is 4.79 Å². The third-order valence-corrected chi connectivity index (χ3v) is 6.46. The molecule has 1 saturated carbocycles. The summed E-state index contributed by atoms with van der Waals surface area (Å²) in [6.45, 7) is 2.15. The van der Waals surface area contributed by atoms with Gasteiger partial charge in [0.2, 0.25) is 5.16 Å². The summed E-state index contributed by atoms with van der Waals surface area (Å²) in [4.78, 5) is 12.6. The SMILES string of the molecule is CCOC(=O)/C(=C\c1ccsc1)C1=Nn2c(nnc2C2CCCCC2)SC1. The van der Waals surface area contributed by atoms with Crippen LogP contribution in [0.5, 0.6) is 0 Å². The van der Waals surface area contributed by atoms with Gasteiger partial charge >= 0.3 is 5.97 Å². The molecule has 6 nitrogen and oxygen atoms in total. The summed E-state index contributed by atoms with van der Waals surface area (Å²) >= 11 is 3.17. The van der Waals surface area contributed by atoms with Gasteiger partial charge in [0, 0.05) is 11.7 Å². The number of ether oxygens (including phenoxy) is 1. The third-order valence-electron chi connectivity index (χ3n) is 4.83. The first kappa shape index (κ1) is 18.4. The second kappa shape index (κ2) is 8.39. The molecule has 0 spiro atoms. The summed E-state index contributed by atoms with van der Waals surface area (Å²) in [7, 11) is 0. The Kier molecular flexibility index (Phi) is 5.73. The van der Waals surface area contributed by atoms with Crippen molar-refractivity contribution in [2.45, 2.75) is 50.1 Å². The fourth-order valence-corrected chi connectivity index (χ4v) is 4.94. The van der Waals surface area contributed by atoms with Crippen LogP contribution in [0.2, 0.25) is 0 Å². The van der Waals surface area contributed by atoms with E-state index >= 15 is 0 Å². The molecule has 2 aromatic heterocycles. The van der Waals surface area contributed by atoms with Crippen molar-refractivity contribution >= 4 is 40.9 Å². The number of fused-ring (bicyclic) bond motifs is 1. The Balaban J connectivity index is 1.70. The maximum atomic E-state index is 12.6. The molecule has 2 aliphatic rings. The highest BCUT2D eigenvalue weighted by atomic mass is 32.2. The van der Waals surface area contributed by atoms with Gasteiger partial charge < -0.3 is 4.74 Å². The minimum Gasteiger partial charge on any atom is -0.462 e. The Morgan fingerprint density at radius 3 is 2.93 bits per heavy atom. The second-order valence-corrected chi connectivity index (χ2v) is 8.38. The number of thioether (sulfide) groups is 1. The predicted molar refractivity (Wildman–Crippen MR) is 108 cm³/mol. The number of nitrogens with zero attached hydrogens (tertiary/aromatic N) is 4. The number of carbonyl (C=O) groups excluding carboxylic acids is 1. The fraction of sp³-hybridized carbons (Fsp3) is 0.474. The Morgan fingerprint density at radius 1 is 1.33 bits per heavy atom. The summed E-state index contributed by atoms with van der Waals surface area (Å²) in [6.07, 6.45) is 7.86. The number of esters is 1. The van der Waals surface area contributed by atoms with E-state index in [1.807, 2.05) is 34.5 Å². The molecule has 8 heteroatoms. The smallest absolute Gasteiger partial charge is 0.340 e. The standard InChI is InChI=1S/C19H22N4O2S2/c1-2-25-18(24)15(10-13-8-9-26-11-13)16-12-27-19-21-20-17(23(19)22-16)14-6-4-3-5-7-14/h8-11,14H,2-7,12H2,1H3/b15-10-. The van der Waals surface area contributed by atoms with Crippen molar-refractivity contribution in [3.8, 4) is 0 Å². The normalized spacial score (nSPS) is 18.1. The number of hydrogen-bond donors (Lipinski definition) is 0. The molecule has 1 fully saturated rings. The zero-order valence-electron chi connectivity index (χ0n) is 15.3. The number of carbonyl (C=O) groups is 1. The Morgan fingerprint density at radius 2 is 2.19 bits per heavy atom. The third kappa shape index (κ3) is 4.01. The first-order valence-electron chi connectivity index (χ1n) is 9.33. The van der Waals surface area contributed by atoms with Gasteiger partial charge in [-0.2, -0.15) is 21.1 Å². The zero-order chi connectivity index (χ0) is 18.6. The van der Waals surface area contributed by atoms with E-state index in [0.717, 1.165) is 29.4 Å². The minimum absolute atomic E-state index is 0.334. The van der Waals surface area contributed by atoms with Gasteiger partial charge in [0.25, 0.3) is 0 Å². The molecule has 1 aliphatic carbocycles. The zero-order valence-corrected chi connectivity index (χ0v) is 16.9. The van der Waals surface area contributed by atoms with Crippen molar-refractivity contribution in [1.29, 1.82) is 0 Å². The number of aromatic nitrogens is 3. The van der Waals surface area contributed by atoms with Crippen molar-refractivity contribution in [1.82, 2.24) is 14.9 Å². The van der Waals surface area contributed by atoms with E-state index in [0.29, 0.717) is 29.6 Å². The Labute approximate surface area is 166 Å². The Bertz CT molecular complexity index is 864. The molecule has 4 rings (SSSR count). The van der Waals surface area contributed by atoms with Crippen LogP contribution in [0.15, 0.2) is 32.7 Å². The summed E-state index contributed by atoms with van der Waals surface area (Å²) in [6, 6.07) is 1.98. The maximum absolute atomic E-state index is 12.6. The molecule has 0 unspecified atom stereocenters. The summed E-state index contributed by atoms with van der Waals surface area (Å²) in [5, 5.41) is 18.3. The molecule has 142 valence electrons. The summed E-state index contributed by atoms with van der Waals surface area (Å²) in [5.74, 6) is 1.57. The average Bonchev–Trinajstić information content (AvgIpc) is 3.36. The van der Waals surface area contributed by atoms with Crippen molar-refractivity contribution < 1.29 is 9.53 Å². The van der Waals surface area contributed by atoms with Crippen LogP contribution in [0.3, 0.4) is 0 Å². The highest BCUT2D eigenvalue weighted by Gasteiger charge is 2.28. The molecule has 0 aromatic carbocycles. The Hall–Kier alpha value is -1.93. The van der Waals surface area contributed by atoms with E-state index < -0.39 is 0 Å². The van der Waals surface area contributed by atoms with Gasteiger partial charge in [0.1, 0.15) is 0 Å². The molecule has 2 aromatic rings. The number of thiophene rings is 1. The summed E-state index contributed by atoms with van der Waals surface area (Å²) < 4.78 is 7.14. The first-order chi connectivity index (χ1) is 13.3. The predicted octanol–water partition coefficient (Wildman–Crippen LogP) is 4.34. The fourth-order valence-electron chi connectivity index (χ4n) is 3.48. The first-order valence-corrected chi connectivity index (χ1v) is 11.3. The lowest BCUT2D eigenvalue weighted by molar-refractivity contribution is -0.137. The quantitative estimate of drug-likeness (QED) is 0.549.